The van der Waals surface area contributed by atoms with E-state index in [1.54, 1.807) is 6.20 Å². The maximum atomic E-state index is 6.13. The monoisotopic (exact) mass is 348 g/mol. The van der Waals surface area contributed by atoms with Crippen molar-refractivity contribution in [1.29, 1.82) is 0 Å². The van der Waals surface area contributed by atoms with Gasteiger partial charge in [-0.15, -0.1) is 0 Å². The fourth-order valence-corrected chi connectivity index (χ4v) is 2.59. The minimum atomic E-state index is -0.344. The van der Waals surface area contributed by atoms with Crippen LogP contribution in [0.4, 0.5) is 0 Å². The van der Waals surface area contributed by atoms with Crippen molar-refractivity contribution in [2.45, 2.75) is 38.4 Å². The van der Waals surface area contributed by atoms with E-state index in [-0.39, 0.29) is 8.80 Å². The van der Waals surface area contributed by atoms with E-state index in [0.717, 1.165) is 28.2 Å². The van der Waals surface area contributed by atoms with Gasteiger partial charge in [-0.25, -0.2) is 4.98 Å². The fraction of sp³-hybridized carbons (Fsp3) is 0.615. The minimum Gasteiger partial charge on any atom is -0.381 e. The summed E-state index contributed by atoms with van der Waals surface area (Å²) in [5.74, 6) is 0. The van der Waals surface area contributed by atoms with Gasteiger partial charge in [-0.3, -0.25) is 0 Å². The molecule has 0 aliphatic carbocycles. The molecule has 0 atom stereocenters. The Morgan fingerprint density at radius 2 is 2.11 bits per heavy atom. The molecular formula is C13H20BrClNOSi. The lowest BCUT2D eigenvalue weighted by molar-refractivity contribution is 0.116. The first-order valence-electron chi connectivity index (χ1n) is 6.02. The van der Waals surface area contributed by atoms with Crippen LogP contribution in [0.3, 0.4) is 0 Å². The Balaban J connectivity index is 2.43. The van der Waals surface area contributed by atoms with Crippen LogP contribution in [0.1, 0.15) is 19.4 Å². The molecule has 1 rings (SSSR count). The molecule has 0 bridgehead atoms. The van der Waals surface area contributed by atoms with E-state index < -0.39 is 0 Å². The van der Waals surface area contributed by atoms with E-state index in [1.807, 2.05) is 6.07 Å². The van der Waals surface area contributed by atoms with E-state index in [4.69, 9.17) is 16.3 Å². The SMILES string of the molecule is C[Si](C)C(C)(C)COCCc1c(Cl)ccnc1Br. The molecule has 0 aliphatic heterocycles. The van der Waals surface area contributed by atoms with Gasteiger partial charge in [-0.2, -0.15) is 0 Å². The van der Waals surface area contributed by atoms with E-state index in [2.05, 4.69) is 47.9 Å². The summed E-state index contributed by atoms with van der Waals surface area (Å²) in [5, 5.41) is 1.05. The second kappa shape index (κ2) is 7.03. The highest BCUT2D eigenvalue weighted by molar-refractivity contribution is 9.10. The highest BCUT2D eigenvalue weighted by Crippen LogP contribution is 2.28. The van der Waals surface area contributed by atoms with Crippen LogP contribution < -0.4 is 0 Å². The molecule has 0 aliphatic rings. The van der Waals surface area contributed by atoms with Crippen molar-refractivity contribution in [3.8, 4) is 0 Å². The second-order valence-electron chi connectivity index (χ2n) is 5.25. The zero-order valence-electron chi connectivity index (χ0n) is 11.4. The third kappa shape index (κ3) is 4.65. The average molecular weight is 350 g/mol. The van der Waals surface area contributed by atoms with E-state index in [1.165, 1.54) is 0 Å². The quantitative estimate of drug-likeness (QED) is 0.425. The molecule has 0 aromatic carbocycles. The van der Waals surface area contributed by atoms with E-state index >= 15 is 0 Å². The Bertz CT molecular complexity index is 378. The maximum absolute atomic E-state index is 6.13. The molecule has 0 saturated carbocycles. The number of rotatable bonds is 6. The third-order valence-electron chi connectivity index (χ3n) is 3.26. The lowest BCUT2D eigenvalue weighted by atomic mass is 10.2. The first-order valence-corrected chi connectivity index (χ1v) is 9.69. The van der Waals surface area contributed by atoms with Crippen LogP contribution in [0, 0.1) is 0 Å². The van der Waals surface area contributed by atoms with Gasteiger partial charge < -0.3 is 4.74 Å². The smallest absolute Gasteiger partial charge is 0.110 e. The summed E-state index contributed by atoms with van der Waals surface area (Å²) >= 11 is 9.54. The fourth-order valence-electron chi connectivity index (χ4n) is 1.31. The number of pyridine rings is 1. The number of hydrogen-bond acceptors (Lipinski definition) is 2. The Kier molecular flexibility index (Phi) is 6.31. The molecule has 5 heteroatoms. The number of hydrogen-bond donors (Lipinski definition) is 0. The van der Waals surface area contributed by atoms with Crippen LogP contribution in [-0.4, -0.2) is 27.0 Å². The van der Waals surface area contributed by atoms with Crippen molar-refractivity contribution in [3.05, 3.63) is 27.5 Å². The Morgan fingerprint density at radius 3 is 2.67 bits per heavy atom. The van der Waals surface area contributed by atoms with Crippen molar-refractivity contribution < 1.29 is 4.74 Å². The zero-order chi connectivity index (χ0) is 13.8. The standard InChI is InChI=1S/C13H20BrClNOSi/c1-13(2,18(3)4)9-17-8-6-10-11(15)5-7-16-12(10)14/h5,7H,6,8-9H2,1-4H3. The predicted molar refractivity (Wildman–Crippen MR) is 83.0 cm³/mol. The van der Waals surface area contributed by atoms with Crippen molar-refractivity contribution in [2.24, 2.45) is 0 Å². The molecule has 1 heterocycles. The largest absolute Gasteiger partial charge is 0.381 e. The average Bonchev–Trinajstić information content (AvgIpc) is 2.27. The third-order valence-corrected chi connectivity index (χ3v) is 7.15. The van der Waals surface area contributed by atoms with Gasteiger partial charge in [-0.05, 0) is 33.5 Å². The summed E-state index contributed by atoms with van der Waals surface area (Å²) in [5.41, 5.74) is 1.02. The topological polar surface area (TPSA) is 22.1 Å². The summed E-state index contributed by atoms with van der Waals surface area (Å²) in [6.45, 7) is 10.7. The molecule has 18 heavy (non-hydrogen) atoms. The minimum absolute atomic E-state index is 0.306. The summed E-state index contributed by atoms with van der Waals surface area (Å²) in [6, 6.07) is 1.81. The normalized spacial score (nSPS) is 12.2. The molecule has 1 radical (unpaired) electrons. The van der Waals surface area contributed by atoms with Crippen molar-refractivity contribution in [1.82, 2.24) is 4.98 Å². The zero-order valence-corrected chi connectivity index (χ0v) is 14.7. The van der Waals surface area contributed by atoms with Gasteiger partial charge in [0.05, 0.1) is 15.4 Å². The van der Waals surface area contributed by atoms with Crippen molar-refractivity contribution >= 4 is 36.3 Å². The second-order valence-corrected chi connectivity index (χ2v) is 9.76. The lowest BCUT2D eigenvalue weighted by Gasteiger charge is -2.27. The molecule has 0 amide bonds. The molecule has 0 spiro atoms. The van der Waals surface area contributed by atoms with Gasteiger partial charge in [0, 0.05) is 23.4 Å². The summed E-state index contributed by atoms with van der Waals surface area (Å²) in [6.07, 6.45) is 2.49. The molecule has 101 valence electrons. The van der Waals surface area contributed by atoms with Gasteiger partial charge >= 0.3 is 0 Å². The van der Waals surface area contributed by atoms with Crippen molar-refractivity contribution in [3.63, 3.8) is 0 Å². The summed E-state index contributed by atoms with van der Waals surface area (Å²) in [4.78, 5) is 4.18. The van der Waals surface area contributed by atoms with Crippen LogP contribution in [-0.2, 0) is 11.2 Å². The van der Waals surface area contributed by atoms with E-state index in [0.29, 0.717) is 11.6 Å². The molecule has 2 nitrogen and oxygen atoms in total. The van der Waals surface area contributed by atoms with Gasteiger partial charge in [0.1, 0.15) is 4.60 Å². The number of ether oxygens (including phenoxy) is 1. The number of nitrogens with zero attached hydrogens (tertiary/aromatic N) is 1. The number of halogens is 2. The van der Waals surface area contributed by atoms with Crippen LogP contribution in [0.15, 0.2) is 16.9 Å². The summed E-state index contributed by atoms with van der Waals surface area (Å²) < 4.78 is 6.61. The van der Waals surface area contributed by atoms with Crippen LogP contribution in [0.25, 0.3) is 0 Å². The Labute approximate surface area is 125 Å². The van der Waals surface area contributed by atoms with Gasteiger partial charge in [0.2, 0.25) is 0 Å². The molecule has 0 fully saturated rings. The van der Waals surface area contributed by atoms with Gasteiger partial charge in [0.15, 0.2) is 0 Å². The lowest BCUT2D eigenvalue weighted by Crippen LogP contribution is -2.26. The van der Waals surface area contributed by atoms with Gasteiger partial charge in [0.25, 0.3) is 0 Å². The molecule has 0 N–H and O–H groups in total. The molecule has 0 saturated heterocycles. The first kappa shape index (κ1) is 16.2. The maximum Gasteiger partial charge on any atom is 0.110 e. The van der Waals surface area contributed by atoms with Crippen molar-refractivity contribution in [2.75, 3.05) is 13.2 Å². The molecule has 1 aromatic heterocycles. The Hall–Kier alpha value is 0.0969. The molecule has 0 unspecified atom stereocenters. The summed E-state index contributed by atoms with van der Waals surface area (Å²) in [7, 11) is -0.344. The van der Waals surface area contributed by atoms with Gasteiger partial charge in [-0.1, -0.05) is 38.5 Å². The molecule has 1 aromatic rings. The molecular weight excluding hydrogens is 330 g/mol. The highest BCUT2D eigenvalue weighted by atomic mass is 79.9. The van der Waals surface area contributed by atoms with Crippen LogP contribution >= 0.6 is 27.5 Å². The van der Waals surface area contributed by atoms with Crippen LogP contribution in [0.5, 0.6) is 0 Å². The van der Waals surface area contributed by atoms with E-state index in [9.17, 15) is 0 Å². The van der Waals surface area contributed by atoms with Crippen LogP contribution in [0.2, 0.25) is 23.2 Å². The highest BCUT2D eigenvalue weighted by Gasteiger charge is 2.23. The Morgan fingerprint density at radius 1 is 1.44 bits per heavy atom. The predicted octanol–water partition coefficient (Wildman–Crippen LogP) is 4.59. The first-order chi connectivity index (χ1) is 8.34. The number of aromatic nitrogens is 1.